The first-order chi connectivity index (χ1) is 17.0. The molecule has 0 fully saturated rings. The second-order valence-corrected chi connectivity index (χ2v) is 8.99. The summed E-state index contributed by atoms with van der Waals surface area (Å²) in [4.78, 5) is 22.9. The van der Waals surface area contributed by atoms with Gasteiger partial charge in [0.1, 0.15) is 0 Å². The molecule has 3 N–H and O–H groups in total. The van der Waals surface area contributed by atoms with Gasteiger partial charge in [0.25, 0.3) is 0 Å². The van der Waals surface area contributed by atoms with Crippen LogP contribution in [0.1, 0.15) is 77.1 Å². The van der Waals surface area contributed by atoms with E-state index in [9.17, 15) is 24.9 Å². The van der Waals surface area contributed by atoms with Crippen molar-refractivity contribution >= 4 is 11.9 Å². The van der Waals surface area contributed by atoms with Crippen LogP contribution < -0.4 is 0 Å². The molecular formula is C30H34O5. The number of aryl methyl sites for hydroxylation is 2. The number of aliphatic hydroxyl groups is 1. The van der Waals surface area contributed by atoms with Crippen LogP contribution in [-0.2, 0) is 17.6 Å². The molecule has 0 saturated carbocycles. The predicted octanol–water partition coefficient (Wildman–Crippen LogP) is 6.09. The quantitative estimate of drug-likeness (QED) is 0.246. The van der Waals surface area contributed by atoms with E-state index in [1.54, 1.807) is 12.1 Å². The fourth-order valence-electron chi connectivity index (χ4n) is 4.57. The third-order valence-electron chi connectivity index (χ3n) is 6.48. The number of hydrogen-bond acceptors (Lipinski definition) is 3. The maximum absolute atomic E-state index is 11.7. The van der Waals surface area contributed by atoms with Crippen molar-refractivity contribution in [2.45, 2.75) is 63.4 Å². The second-order valence-electron chi connectivity index (χ2n) is 8.99. The molecule has 5 nitrogen and oxygen atoms in total. The highest BCUT2D eigenvalue weighted by Crippen LogP contribution is 2.32. The fraction of sp³-hybridized carbons (Fsp3) is 0.333. The molecule has 5 heteroatoms. The number of aromatic carboxylic acids is 1. The number of hydrogen-bond donors (Lipinski definition) is 3. The molecule has 0 bridgehead atoms. The first kappa shape index (κ1) is 26.2. The Hall–Kier alpha value is -3.44. The van der Waals surface area contributed by atoms with Gasteiger partial charge in [0, 0.05) is 5.92 Å². The highest BCUT2D eigenvalue weighted by atomic mass is 16.4. The predicted molar refractivity (Wildman–Crippen MR) is 137 cm³/mol. The van der Waals surface area contributed by atoms with E-state index < -0.39 is 24.0 Å². The summed E-state index contributed by atoms with van der Waals surface area (Å²) in [5.41, 5.74) is 3.88. The topological polar surface area (TPSA) is 94.8 Å². The molecule has 0 aliphatic heterocycles. The summed E-state index contributed by atoms with van der Waals surface area (Å²) in [5, 5.41) is 29.3. The summed E-state index contributed by atoms with van der Waals surface area (Å²) in [6.45, 7) is 0. The van der Waals surface area contributed by atoms with E-state index >= 15 is 0 Å². The minimum Gasteiger partial charge on any atom is -0.479 e. The third kappa shape index (κ3) is 7.79. The van der Waals surface area contributed by atoms with Crippen molar-refractivity contribution in [2.75, 3.05) is 0 Å². The summed E-state index contributed by atoms with van der Waals surface area (Å²) in [5.74, 6) is -3.13. The Morgan fingerprint density at radius 3 is 1.86 bits per heavy atom. The van der Waals surface area contributed by atoms with Crippen LogP contribution in [0.2, 0.25) is 0 Å². The van der Waals surface area contributed by atoms with Gasteiger partial charge in [0.2, 0.25) is 0 Å². The molecule has 0 aromatic heterocycles. The Morgan fingerprint density at radius 1 is 0.657 bits per heavy atom. The van der Waals surface area contributed by atoms with Gasteiger partial charge in [-0.2, -0.15) is 0 Å². The Morgan fingerprint density at radius 2 is 1.23 bits per heavy atom. The van der Waals surface area contributed by atoms with Crippen LogP contribution in [0.25, 0.3) is 0 Å². The number of aliphatic hydroxyl groups excluding tert-OH is 1. The lowest BCUT2D eigenvalue weighted by Crippen LogP contribution is -2.29. The van der Waals surface area contributed by atoms with Crippen molar-refractivity contribution in [3.05, 3.63) is 107 Å². The third-order valence-corrected chi connectivity index (χ3v) is 6.48. The number of aliphatic carboxylic acids is 1. The van der Waals surface area contributed by atoms with Crippen molar-refractivity contribution in [3.8, 4) is 0 Å². The molecule has 3 aromatic carbocycles. The van der Waals surface area contributed by atoms with Crippen molar-refractivity contribution in [1.82, 2.24) is 0 Å². The summed E-state index contributed by atoms with van der Waals surface area (Å²) >= 11 is 0. The standard InChI is InChI=1S/C30H34O5/c31-28(30(34)35)27(24-18-20-25(21-19-24)29(32)33)26-17-11-10-16-23(26)15-9-4-2-1-3-6-12-22-13-7-5-8-14-22/h5,7-8,10-11,13-14,16-21,27-28,31H,1-4,6,9,12,15H2,(H,32,33)(H,34,35). The van der Waals surface area contributed by atoms with Gasteiger partial charge in [-0.25, -0.2) is 9.59 Å². The molecule has 184 valence electrons. The fourth-order valence-corrected chi connectivity index (χ4v) is 4.57. The Labute approximate surface area is 207 Å². The van der Waals surface area contributed by atoms with E-state index in [4.69, 9.17) is 0 Å². The van der Waals surface area contributed by atoms with E-state index in [1.165, 1.54) is 37.0 Å². The van der Waals surface area contributed by atoms with Gasteiger partial charge in [-0.05, 0) is 60.1 Å². The minimum atomic E-state index is -1.63. The molecule has 3 rings (SSSR count). The highest BCUT2D eigenvalue weighted by molar-refractivity contribution is 5.87. The Balaban J connectivity index is 1.58. The van der Waals surface area contributed by atoms with E-state index in [0.29, 0.717) is 5.56 Å². The van der Waals surface area contributed by atoms with E-state index in [-0.39, 0.29) is 5.56 Å². The Bertz CT molecular complexity index is 1080. The maximum atomic E-state index is 11.7. The number of carboxylic acid groups (broad SMARTS) is 2. The molecule has 35 heavy (non-hydrogen) atoms. The first-order valence-corrected chi connectivity index (χ1v) is 12.3. The van der Waals surface area contributed by atoms with Gasteiger partial charge >= 0.3 is 11.9 Å². The maximum Gasteiger partial charge on any atom is 0.335 e. The second kappa shape index (κ2) is 13.4. The number of carbonyl (C=O) groups is 2. The molecule has 0 saturated heterocycles. The molecule has 0 spiro atoms. The summed E-state index contributed by atoms with van der Waals surface area (Å²) in [7, 11) is 0. The summed E-state index contributed by atoms with van der Waals surface area (Å²) in [6, 6.07) is 24.2. The van der Waals surface area contributed by atoms with Crippen LogP contribution in [0.5, 0.6) is 0 Å². The van der Waals surface area contributed by atoms with E-state index in [2.05, 4.69) is 24.3 Å². The van der Waals surface area contributed by atoms with Gasteiger partial charge in [-0.3, -0.25) is 0 Å². The van der Waals surface area contributed by atoms with E-state index in [1.807, 2.05) is 30.3 Å². The zero-order valence-corrected chi connectivity index (χ0v) is 20.0. The molecule has 3 aromatic rings. The molecule has 2 atom stereocenters. The van der Waals surface area contributed by atoms with Crippen LogP contribution in [0.3, 0.4) is 0 Å². The lowest BCUT2D eigenvalue weighted by atomic mass is 9.82. The summed E-state index contributed by atoms with van der Waals surface area (Å²) in [6.07, 6.45) is 7.15. The Kier molecular flexibility index (Phi) is 10.1. The molecule has 0 aliphatic carbocycles. The lowest BCUT2D eigenvalue weighted by molar-refractivity contribution is -0.147. The number of unbranched alkanes of at least 4 members (excludes halogenated alkanes) is 5. The lowest BCUT2D eigenvalue weighted by Gasteiger charge is -2.24. The van der Waals surface area contributed by atoms with Gasteiger partial charge in [-0.15, -0.1) is 0 Å². The molecule has 0 heterocycles. The van der Waals surface area contributed by atoms with Crippen LogP contribution in [-0.4, -0.2) is 33.4 Å². The average Bonchev–Trinajstić information content (AvgIpc) is 2.87. The average molecular weight is 475 g/mol. The smallest absolute Gasteiger partial charge is 0.335 e. The normalized spacial score (nSPS) is 12.7. The SMILES string of the molecule is O=C(O)c1ccc(C(c2ccccc2CCCCCCCCc2ccccc2)C(O)C(=O)O)cc1. The minimum absolute atomic E-state index is 0.120. The van der Waals surface area contributed by atoms with Crippen molar-refractivity contribution in [1.29, 1.82) is 0 Å². The van der Waals surface area contributed by atoms with Crippen LogP contribution in [0, 0.1) is 0 Å². The van der Waals surface area contributed by atoms with Gasteiger partial charge < -0.3 is 15.3 Å². The monoisotopic (exact) mass is 474 g/mol. The molecule has 0 aliphatic rings. The number of benzene rings is 3. The van der Waals surface area contributed by atoms with Crippen LogP contribution >= 0.6 is 0 Å². The van der Waals surface area contributed by atoms with Crippen LogP contribution in [0.15, 0.2) is 78.9 Å². The van der Waals surface area contributed by atoms with Gasteiger partial charge in [0.05, 0.1) is 5.56 Å². The number of carboxylic acids is 2. The van der Waals surface area contributed by atoms with E-state index in [0.717, 1.165) is 43.2 Å². The molecular weight excluding hydrogens is 440 g/mol. The largest absolute Gasteiger partial charge is 0.479 e. The number of rotatable bonds is 14. The molecule has 2 unspecified atom stereocenters. The van der Waals surface area contributed by atoms with Crippen molar-refractivity contribution < 1.29 is 24.9 Å². The summed E-state index contributed by atoms with van der Waals surface area (Å²) < 4.78 is 0. The zero-order valence-electron chi connectivity index (χ0n) is 20.0. The van der Waals surface area contributed by atoms with Crippen LogP contribution in [0.4, 0.5) is 0 Å². The first-order valence-electron chi connectivity index (χ1n) is 12.3. The highest BCUT2D eigenvalue weighted by Gasteiger charge is 2.30. The molecule has 0 amide bonds. The van der Waals surface area contributed by atoms with Gasteiger partial charge in [-0.1, -0.05) is 92.4 Å². The zero-order chi connectivity index (χ0) is 25.0. The van der Waals surface area contributed by atoms with Gasteiger partial charge in [0.15, 0.2) is 6.10 Å². The molecule has 0 radical (unpaired) electrons. The van der Waals surface area contributed by atoms with Crippen molar-refractivity contribution in [2.24, 2.45) is 0 Å². The van der Waals surface area contributed by atoms with Crippen molar-refractivity contribution in [3.63, 3.8) is 0 Å².